The Kier molecular flexibility index (Phi) is 1.33. The molecule has 1 heterocycles. The van der Waals surface area contributed by atoms with Gasteiger partial charge in [-0.05, 0) is 6.20 Å². The summed E-state index contributed by atoms with van der Waals surface area (Å²) in [5.41, 5.74) is 0. The van der Waals surface area contributed by atoms with Gasteiger partial charge in [0.1, 0.15) is 6.29 Å². The zero-order valence-corrected chi connectivity index (χ0v) is 4.87. The number of rotatable bonds is 1. The number of hydrogen-bond acceptors (Lipinski definition) is 2. The van der Waals surface area contributed by atoms with Crippen LogP contribution in [0, 0.1) is 5.92 Å². The second-order valence-electron chi connectivity index (χ2n) is 2.08. The van der Waals surface area contributed by atoms with Gasteiger partial charge < -0.3 is 9.69 Å². The van der Waals surface area contributed by atoms with E-state index < -0.39 is 0 Å². The lowest BCUT2D eigenvalue weighted by Gasteiger charge is -2.05. The molecular formula is C6H9NO. The zero-order valence-electron chi connectivity index (χ0n) is 4.87. The third kappa shape index (κ3) is 0.886. The number of carbonyl (C=O) groups excluding carboxylic acids is 1. The molecule has 0 aliphatic carbocycles. The van der Waals surface area contributed by atoms with Gasteiger partial charge in [0.2, 0.25) is 0 Å². The smallest absolute Gasteiger partial charge is 0.128 e. The molecule has 1 atom stereocenters. The predicted octanol–water partition coefficient (Wildman–Crippen LogP) is 0.261. The summed E-state index contributed by atoms with van der Waals surface area (Å²) in [6, 6.07) is 0. The summed E-state index contributed by atoms with van der Waals surface area (Å²) < 4.78 is 0. The first-order valence-electron chi connectivity index (χ1n) is 2.67. The lowest BCUT2D eigenvalue weighted by molar-refractivity contribution is -0.109. The van der Waals surface area contributed by atoms with E-state index in [1.54, 1.807) is 0 Å². The number of carbonyl (C=O) groups is 1. The number of nitrogens with zero attached hydrogens (tertiary/aromatic N) is 1. The summed E-state index contributed by atoms with van der Waals surface area (Å²) in [7, 11) is 1.96. The highest BCUT2D eigenvalue weighted by atomic mass is 16.1. The van der Waals surface area contributed by atoms with Gasteiger partial charge in [-0.3, -0.25) is 0 Å². The van der Waals surface area contributed by atoms with Crippen LogP contribution in [0.25, 0.3) is 0 Å². The van der Waals surface area contributed by atoms with Crippen LogP contribution in [0.4, 0.5) is 0 Å². The Balaban J connectivity index is 2.45. The molecule has 0 radical (unpaired) electrons. The van der Waals surface area contributed by atoms with E-state index in [0.717, 1.165) is 12.8 Å². The van der Waals surface area contributed by atoms with E-state index in [0.29, 0.717) is 0 Å². The molecule has 2 heteroatoms. The van der Waals surface area contributed by atoms with Crippen molar-refractivity contribution >= 4 is 6.29 Å². The van der Waals surface area contributed by atoms with Crippen molar-refractivity contribution in [2.75, 3.05) is 13.6 Å². The Morgan fingerprint density at radius 1 is 1.88 bits per heavy atom. The molecule has 1 unspecified atom stereocenters. The van der Waals surface area contributed by atoms with Crippen molar-refractivity contribution in [2.45, 2.75) is 0 Å². The molecule has 1 aliphatic rings. The maximum absolute atomic E-state index is 10.1. The van der Waals surface area contributed by atoms with Crippen molar-refractivity contribution in [2.24, 2.45) is 5.92 Å². The van der Waals surface area contributed by atoms with Crippen LogP contribution >= 0.6 is 0 Å². The number of hydrogen-bond donors (Lipinski definition) is 0. The van der Waals surface area contributed by atoms with Gasteiger partial charge >= 0.3 is 0 Å². The molecule has 0 aromatic carbocycles. The fraction of sp³-hybridized carbons (Fsp3) is 0.500. The minimum Gasteiger partial charge on any atom is -0.380 e. The van der Waals surface area contributed by atoms with Crippen molar-refractivity contribution < 1.29 is 4.79 Å². The van der Waals surface area contributed by atoms with Crippen molar-refractivity contribution in [1.29, 1.82) is 0 Å². The zero-order chi connectivity index (χ0) is 5.98. The third-order valence-corrected chi connectivity index (χ3v) is 1.26. The molecule has 0 N–H and O–H groups in total. The van der Waals surface area contributed by atoms with Crippen molar-refractivity contribution in [3.05, 3.63) is 12.3 Å². The van der Waals surface area contributed by atoms with Crippen LogP contribution in [0.3, 0.4) is 0 Å². The highest BCUT2D eigenvalue weighted by molar-refractivity contribution is 5.57. The van der Waals surface area contributed by atoms with Crippen LogP contribution in [0.15, 0.2) is 12.3 Å². The molecule has 1 aliphatic heterocycles. The molecule has 0 fully saturated rings. The molecule has 0 aromatic rings. The molecular weight excluding hydrogens is 102 g/mol. The van der Waals surface area contributed by atoms with Gasteiger partial charge in [-0.25, -0.2) is 0 Å². The summed E-state index contributed by atoms with van der Waals surface area (Å²) in [6.07, 6.45) is 4.81. The molecule has 1 rings (SSSR count). The average molecular weight is 111 g/mol. The maximum Gasteiger partial charge on any atom is 0.128 e. The van der Waals surface area contributed by atoms with E-state index in [9.17, 15) is 4.79 Å². The van der Waals surface area contributed by atoms with Gasteiger partial charge in [0, 0.05) is 13.6 Å². The second kappa shape index (κ2) is 1.99. The first kappa shape index (κ1) is 5.35. The molecule has 0 spiro atoms. The molecule has 0 aromatic heterocycles. The molecule has 44 valence electrons. The summed E-state index contributed by atoms with van der Waals surface area (Å²) >= 11 is 0. The number of aldehydes is 1. The molecule has 2 nitrogen and oxygen atoms in total. The maximum atomic E-state index is 10.1. The van der Waals surface area contributed by atoms with E-state index in [4.69, 9.17) is 0 Å². The van der Waals surface area contributed by atoms with E-state index >= 15 is 0 Å². The highest BCUT2D eigenvalue weighted by Gasteiger charge is 2.09. The topological polar surface area (TPSA) is 20.3 Å². The quantitative estimate of drug-likeness (QED) is 0.452. The molecule has 8 heavy (non-hydrogen) atoms. The minimum absolute atomic E-state index is 0.139. The SMILES string of the molecule is CN1C=CC(C=O)C1. The first-order valence-corrected chi connectivity index (χ1v) is 2.67. The van der Waals surface area contributed by atoms with E-state index in [2.05, 4.69) is 0 Å². The molecule has 0 amide bonds. The summed E-state index contributed by atoms with van der Waals surface area (Å²) in [5, 5.41) is 0. The lowest BCUT2D eigenvalue weighted by Crippen LogP contribution is -2.12. The predicted molar refractivity (Wildman–Crippen MR) is 31.3 cm³/mol. The van der Waals surface area contributed by atoms with Gasteiger partial charge in [-0.15, -0.1) is 0 Å². The van der Waals surface area contributed by atoms with E-state index in [1.807, 2.05) is 24.2 Å². The van der Waals surface area contributed by atoms with Crippen molar-refractivity contribution in [3.8, 4) is 0 Å². The van der Waals surface area contributed by atoms with Gasteiger partial charge in [0.05, 0.1) is 5.92 Å². The van der Waals surface area contributed by atoms with Crippen LogP contribution in [-0.4, -0.2) is 24.8 Å². The standard InChI is InChI=1S/C6H9NO/c1-7-3-2-6(4-7)5-8/h2-3,5-6H,4H2,1H3. The van der Waals surface area contributed by atoms with Crippen LogP contribution in [-0.2, 0) is 4.79 Å². The van der Waals surface area contributed by atoms with Crippen molar-refractivity contribution in [1.82, 2.24) is 4.90 Å². The third-order valence-electron chi connectivity index (χ3n) is 1.26. The highest BCUT2D eigenvalue weighted by Crippen LogP contribution is 2.05. The van der Waals surface area contributed by atoms with Gasteiger partial charge in [-0.1, -0.05) is 6.08 Å². The largest absolute Gasteiger partial charge is 0.380 e. The van der Waals surface area contributed by atoms with Gasteiger partial charge in [-0.2, -0.15) is 0 Å². The van der Waals surface area contributed by atoms with Gasteiger partial charge in [0.15, 0.2) is 0 Å². The Hall–Kier alpha value is -0.790. The first-order chi connectivity index (χ1) is 3.83. The Bertz CT molecular complexity index is 120. The fourth-order valence-corrected chi connectivity index (χ4v) is 0.800. The fourth-order valence-electron chi connectivity index (χ4n) is 0.800. The van der Waals surface area contributed by atoms with Crippen LogP contribution in [0.2, 0.25) is 0 Å². The molecule has 0 saturated carbocycles. The second-order valence-corrected chi connectivity index (χ2v) is 2.08. The lowest BCUT2D eigenvalue weighted by atomic mass is 10.2. The summed E-state index contributed by atoms with van der Waals surface area (Å²) in [5.74, 6) is 0.139. The Morgan fingerprint density at radius 3 is 2.88 bits per heavy atom. The molecule has 0 bridgehead atoms. The Morgan fingerprint density at radius 2 is 2.62 bits per heavy atom. The normalized spacial score (nSPS) is 26.6. The van der Waals surface area contributed by atoms with Gasteiger partial charge in [0.25, 0.3) is 0 Å². The van der Waals surface area contributed by atoms with Crippen LogP contribution < -0.4 is 0 Å². The van der Waals surface area contributed by atoms with Crippen molar-refractivity contribution in [3.63, 3.8) is 0 Å². The summed E-state index contributed by atoms with van der Waals surface area (Å²) in [6.45, 7) is 0.851. The summed E-state index contributed by atoms with van der Waals surface area (Å²) in [4.78, 5) is 12.1. The Labute approximate surface area is 48.8 Å². The van der Waals surface area contributed by atoms with Crippen LogP contribution in [0.1, 0.15) is 0 Å². The van der Waals surface area contributed by atoms with Crippen LogP contribution in [0.5, 0.6) is 0 Å². The monoisotopic (exact) mass is 111 g/mol. The molecule has 0 saturated heterocycles. The average Bonchev–Trinajstić information content (AvgIpc) is 2.14. The van der Waals surface area contributed by atoms with E-state index in [1.165, 1.54) is 0 Å². The van der Waals surface area contributed by atoms with E-state index in [-0.39, 0.29) is 5.92 Å². The minimum atomic E-state index is 0.139.